The van der Waals surface area contributed by atoms with Gasteiger partial charge in [0, 0.05) is 12.1 Å². The maximum absolute atomic E-state index is 12.8. The molecule has 27 heavy (non-hydrogen) atoms. The number of rotatable bonds is 3. The van der Waals surface area contributed by atoms with Crippen LogP contribution in [0.1, 0.15) is 11.4 Å². The van der Waals surface area contributed by atoms with Gasteiger partial charge >= 0.3 is 11.9 Å². The molecule has 14 heteroatoms. The smallest absolute Gasteiger partial charge is 0.578 e. The molecule has 0 amide bonds. The van der Waals surface area contributed by atoms with Crippen molar-refractivity contribution < 1.29 is 35.6 Å². The number of alkyl halides is 6. The van der Waals surface area contributed by atoms with E-state index in [2.05, 4.69) is 9.84 Å². The largest absolute Gasteiger partial charge is 0.604 e. The first-order valence-corrected chi connectivity index (χ1v) is 8.40. The molecule has 1 heterocycles. The summed E-state index contributed by atoms with van der Waals surface area (Å²) in [7, 11) is 0. The fourth-order valence-electron chi connectivity index (χ4n) is 2.05. The fourth-order valence-corrected chi connectivity index (χ4v) is 3.53. The van der Waals surface area contributed by atoms with Gasteiger partial charge in [-0.3, -0.25) is 0 Å². The molecular weight excluding hydrogens is 447 g/mol. The van der Waals surface area contributed by atoms with Crippen LogP contribution < -0.4 is 4.74 Å². The summed E-state index contributed by atoms with van der Waals surface area (Å²) in [6.45, 7) is 1.07. The van der Waals surface area contributed by atoms with Crippen LogP contribution >= 0.6 is 23.2 Å². The predicted molar refractivity (Wildman–Crippen MR) is 82.2 cm³/mol. The van der Waals surface area contributed by atoms with E-state index in [1.165, 1.54) is 6.07 Å². The number of benzene rings is 1. The molecule has 0 saturated heterocycles. The van der Waals surface area contributed by atoms with Gasteiger partial charge in [-0.25, -0.2) is 4.68 Å². The van der Waals surface area contributed by atoms with Gasteiger partial charge in [0.2, 0.25) is 10.6 Å². The van der Waals surface area contributed by atoms with Crippen molar-refractivity contribution in [1.29, 1.82) is 5.26 Å². The zero-order valence-electron chi connectivity index (χ0n) is 12.7. The molecule has 0 aliphatic rings. The minimum atomic E-state index is -5.16. The highest BCUT2D eigenvalue weighted by Gasteiger charge is 2.49. The van der Waals surface area contributed by atoms with Crippen molar-refractivity contribution in [1.82, 2.24) is 9.78 Å². The van der Waals surface area contributed by atoms with Gasteiger partial charge in [0.05, 0.1) is 15.7 Å². The molecule has 0 aliphatic carbocycles. The second-order valence-corrected chi connectivity index (χ2v) is 7.01. The van der Waals surface area contributed by atoms with E-state index in [0.29, 0.717) is 16.8 Å². The molecule has 0 radical (unpaired) electrons. The van der Waals surface area contributed by atoms with Crippen LogP contribution in [0, 0.1) is 18.3 Å². The monoisotopic (exact) mass is 451 g/mol. The van der Waals surface area contributed by atoms with E-state index in [0.717, 1.165) is 6.92 Å². The molecule has 1 aromatic carbocycles. The summed E-state index contributed by atoms with van der Waals surface area (Å²) < 4.78 is 91.3. The maximum atomic E-state index is 12.8. The van der Waals surface area contributed by atoms with E-state index in [-0.39, 0.29) is 11.4 Å². The predicted octanol–water partition coefficient (Wildman–Crippen LogP) is 4.89. The van der Waals surface area contributed by atoms with E-state index in [1.807, 2.05) is 0 Å². The molecule has 146 valence electrons. The Balaban J connectivity index is 2.64. The van der Waals surface area contributed by atoms with Crippen LogP contribution in [0.3, 0.4) is 0 Å². The fraction of sp³-hybridized carbons (Fsp3) is 0.231. The van der Waals surface area contributed by atoms with Crippen LogP contribution in [0.4, 0.5) is 26.3 Å². The third-order valence-corrected chi connectivity index (χ3v) is 4.85. The van der Waals surface area contributed by atoms with Gasteiger partial charge in [-0.1, -0.05) is 23.2 Å². The van der Waals surface area contributed by atoms with Gasteiger partial charge in [0.15, 0.2) is 0 Å². The molecule has 2 aromatic rings. The first-order valence-electron chi connectivity index (χ1n) is 6.49. The van der Waals surface area contributed by atoms with Gasteiger partial charge in [-0.15, -0.1) is 26.3 Å². The van der Waals surface area contributed by atoms with Gasteiger partial charge in [0.1, 0.15) is 28.7 Å². The Morgan fingerprint density at radius 1 is 1.19 bits per heavy atom. The van der Waals surface area contributed by atoms with Crippen LogP contribution in [0.15, 0.2) is 17.0 Å². The zero-order chi connectivity index (χ0) is 20.7. The first-order chi connectivity index (χ1) is 12.3. The minimum Gasteiger partial charge on any atom is -0.604 e. The molecule has 2 rings (SSSR count). The zero-order valence-corrected chi connectivity index (χ0v) is 15.1. The van der Waals surface area contributed by atoms with Crippen molar-refractivity contribution in [2.24, 2.45) is 0 Å². The Morgan fingerprint density at radius 2 is 1.70 bits per heavy atom. The Labute approximate surface area is 160 Å². The molecular formula is C13H5Cl2F6N3O2S. The van der Waals surface area contributed by atoms with E-state index in [1.54, 1.807) is 0 Å². The Morgan fingerprint density at radius 3 is 2.11 bits per heavy atom. The number of aromatic nitrogens is 2. The lowest BCUT2D eigenvalue weighted by molar-refractivity contribution is -0.274. The maximum Gasteiger partial charge on any atom is 0.578 e. The van der Waals surface area contributed by atoms with Crippen LogP contribution in [-0.2, 0) is 11.2 Å². The molecule has 1 aromatic heterocycles. The first kappa shape index (κ1) is 21.5. The van der Waals surface area contributed by atoms with E-state index >= 15 is 0 Å². The third-order valence-electron chi connectivity index (χ3n) is 3.00. The topological polar surface area (TPSA) is 73.9 Å². The standard InChI is InChI=1S/C13H5Cl2F6N3O2S/c1-5-11(27(25)13(19,20)21)9(4-22)23-24(5)10-7(14)2-6(3-8(10)15)26-12(16,17)18/h2-3H,1H3. The second kappa shape index (κ2) is 7.31. The summed E-state index contributed by atoms with van der Waals surface area (Å²) >= 11 is 8.17. The second-order valence-electron chi connectivity index (χ2n) is 4.78. The summed E-state index contributed by atoms with van der Waals surface area (Å²) in [5.74, 6) is -0.773. The molecule has 5 nitrogen and oxygen atoms in total. The quantitative estimate of drug-likeness (QED) is 0.492. The molecule has 0 fully saturated rings. The number of halogens is 8. The lowest BCUT2D eigenvalue weighted by Gasteiger charge is -2.14. The van der Waals surface area contributed by atoms with Crippen LogP contribution in [0.25, 0.3) is 5.69 Å². The van der Waals surface area contributed by atoms with Crippen molar-refractivity contribution in [3.63, 3.8) is 0 Å². The van der Waals surface area contributed by atoms with Crippen molar-refractivity contribution in [2.45, 2.75) is 23.7 Å². The number of nitrogens with zero attached hydrogens (tertiary/aromatic N) is 3. The van der Waals surface area contributed by atoms with E-state index in [4.69, 9.17) is 28.5 Å². The molecule has 0 N–H and O–H groups in total. The number of ether oxygens (including phenoxy) is 1. The molecule has 0 spiro atoms. The number of hydrogen-bond donors (Lipinski definition) is 0. The highest BCUT2D eigenvalue weighted by Crippen LogP contribution is 2.39. The molecule has 1 atom stereocenters. The average molecular weight is 452 g/mol. The minimum absolute atomic E-state index is 0.313. The van der Waals surface area contributed by atoms with Crippen molar-refractivity contribution in [3.05, 3.63) is 33.6 Å². The van der Waals surface area contributed by atoms with E-state index in [9.17, 15) is 30.9 Å². The molecule has 0 saturated carbocycles. The van der Waals surface area contributed by atoms with Gasteiger partial charge in [-0.05, 0) is 6.92 Å². The number of hydrogen-bond acceptors (Lipinski definition) is 4. The highest BCUT2D eigenvalue weighted by atomic mass is 35.5. The van der Waals surface area contributed by atoms with Crippen LogP contribution in [-0.4, -0.2) is 26.2 Å². The third kappa shape index (κ3) is 4.55. The lowest BCUT2D eigenvalue weighted by atomic mass is 10.3. The Hall–Kier alpha value is -1.81. The summed E-state index contributed by atoms with van der Waals surface area (Å²) in [6, 6.07) is 2.80. The molecule has 0 aliphatic heterocycles. The summed E-state index contributed by atoms with van der Waals surface area (Å²) in [5.41, 5.74) is -6.66. The summed E-state index contributed by atoms with van der Waals surface area (Å²) in [6.07, 6.45) is -5.03. The van der Waals surface area contributed by atoms with Gasteiger partial charge < -0.3 is 9.29 Å². The van der Waals surface area contributed by atoms with Crippen molar-refractivity contribution in [3.8, 4) is 17.5 Å². The molecule has 0 bridgehead atoms. The highest BCUT2D eigenvalue weighted by molar-refractivity contribution is 7.92. The number of nitriles is 1. The van der Waals surface area contributed by atoms with Crippen molar-refractivity contribution in [2.75, 3.05) is 0 Å². The molecule has 1 unspecified atom stereocenters. The lowest BCUT2D eigenvalue weighted by Crippen LogP contribution is -2.24. The van der Waals surface area contributed by atoms with Crippen LogP contribution in [0.5, 0.6) is 5.75 Å². The average Bonchev–Trinajstić information content (AvgIpc) is 2.79. The van der Waals surface area contributed by atoms with E-state index < -0.39 is 49.4 Å². The summed E-state index contributed by atoms with van der Waals surface area (Å²) in [4.78, 5) is -0.909. The summed E-state index contributed by atoms with van der Waals surface area (Å²) in [5, 5.41) is 11.7. The van der Waals surface area contributed by atoms with Gasteiger partial charge in [0.25, 0.3) is 0 Å². The Kier molecular flexibility index (Phi) is 5.82. The van der Waals surface area contributed by atoms with Gasteiger partial charge in [-0.2, -0.15) is 10.4 Å². The van der Waals surface area contributed by atoms with Crippen molar-refractivity contribution >= 4 is 34.4 Å². The Bertz CT molecular complexity index is 899. The van der Waals surface area contributed by atoms with Crippen LogP contribution in [0.2, 0.25) is 10.0 Å². The normalized spacial score (nSPS) is 13.4. The SMILES string of the molecule is Cc1c([S+]([O-])C(F)(F)F)c(C#N)nn1-c1c(Cl)cc(OC(F)(F)F)cc1Cl.